The smallest absolute Gasteiger partial charge is 0.162 e. The summed E-state index contributed by atoms with van der Waals surface area (Å²) in [5.41, 5.74) is 3.32. The number of ether oxygens (including phenoxy) is 1. The molecule has 0 spiro atoms. The fourth-order valence-electron chi connectivity index (χ4n) is 4.20. The van der Waals surface area contributed by atoms with Gasteiger partial charge in [0.1, 0.15) is 5.84 Å². The van der Waals surface area contributed by atoms with E-state index in [0.29, 0.717) is 17.9 Å². The summed E-state index contributed by atoms with van der Waals surface area (Å²) in [5, 5.41) is 8.10. The van der Waals surface area contributed by atoms with Crippen molar-refractivity contribution in [3.63, 3.8) is 0 Å². The maximum atomic E-state index is 5.50. The third-order valence-electron chi connectivity index (χ3n) is 5.95. The Hall–Kier alpha value is -2.40. The summed E-state index contributed by atoms with van der Waals surface area (Å²) in [5.74, 6) is 2.94. The third-order valence-corrected chi connectivity index (χ3v) is 5.95. The summed E-state index contributed by atoms with van der Waals surface area (Å²) in [4.78, 5) is 5.02. The van der Waals surface area contributed by atoms with E-state index in [4.69, 9.17) is 9.73 Å². The fraction of sp³-hybridized carbons (Fsp3) is 0.455. The molecular formula is C22H28N4O. The highest BCUT2D eigenvalue weighted by Gasteiger charge is 2.38. The second-order valence-corrected chi connectivity index (χ2v) is 7.59. The van der Waals surface area contributed by atoms with E-state index in [-0.39, 0.29) is 0 Å². The highest BCUT2D eigenvalue weighted by Crippen LogP contribution is 2.43. The van der Waals surface area contributed by atoms with Crippen LogP contribution in [0.1, 0.15) is 44.2 Å². The molecule has 4 rings (SSSR count). The Balaban J connectivity index is 1.59. The van der Waals surface area contributed by atoms with E-state index in [9.17, 15) is 0 Å². The van der Waals surface area contributed by atoms with Crippen LogP contribution < -0.4 is 5.32 Å². The Morgan fingerprint density at radius 3 is 2.78 bits per heavy atom. The van der Waals surface area contributed by atoms with E-state index >= 15 is 0 Å². The molecule has 0 amide bonds. The van der Waals surface area contributed by atoms with Gasteiger partial charge in [0.15, 0.2) is 5.82 Å². The lowest BCUT2D eigenvalue weighted by molar-refractivity contribution is 0.0667. The molecule has 1 aromatic heterocycles. The molecule has 2 unspecified atom stereocenters. The molecule has 0 bridgehead atoms. The molecule has 1 aliphatic carbocycles. The maximum Gasteiger partial charge on any atom is 0.162 e. The molecule has 27 heavy (non-hydrogen) atoms. The number of hydrogen-bond donors (Lipinski definition) is 1. The van der Waals surface area contributed by atoms with Crippen molar-refractivity contribution < 1.29 is 4.74 Å². The lowest BCUT2D eigenvalue weighted by Gasteiger charge is -2.39. The van der Waals surface area contributed by atoms with E-state index in [0.717, 1.165) is 55.4 Å². The highest BCUT2D eigenvalue weighted by molar-refractivity contribution is 5.99. The number of nitrogens with zero attached hydrogens (tertiary/aromatic N) is 3. The Kier molecular flexibility index (Phi) is 5.12. The minimum absolute atomic E-state index is 0.362. The van der Waals surface area contributed by atoms with Crippen LogP contribution in [0.2, 0.25) is 0 Å². The molecule has 1 saturated heterocycles. The minimum Gasteiger partial charge on any atom is -0.381 e. The van der Waals surface area contributed by atoms with Crippen LogP contribution in [-0.2, 0) is 4.74 Å². The zero-order chi connectivity index (χ0) is 18.8. The summed E-state index contributed by atoms with van der Waals surface area (Å²) >= 11 is 0. The van der Waals surface area contributed by atoms with Gasteiger partial charge in [-0.3, -0.25) is 0 Å². The number of aliphatic imine (C=N–C) groups is 1. The Bertz CT molecular complexity index is 823. The maximum absolute atomic E-state index is 5.50. The van der Waals surface area contributed by atoms with Crippen LogP contribution in [0.4, 0.5) is 5.82 Å². The topological polar surface area (TPSA) is 51.4 Å². The first-order valence-electron chi connectivity index (χ1n) is 9.85. The normalized spacial score (nSPS) is 26.3. The number of rotatable bonds is 5. The quantitative estimate of drug-likeness (QED) is 0.780. The number of aromatic nitrogens is 2. The van der Waals surface area contributed by atoms with Crippen LogP contribution in [0.3, 0.4) is 0 Å². The Morgan fingerprint density at radius 1 is 1.26 bits per heavy atom. The van der Waals surface area contributed by atoms with Crippen LogP contribution in [0, 0.1) is 11.8 Å². The molecule has 3 heterocycles. The van der Waals surface area contributed by atoms with Gasteiger partial charge < -0.3 is 10.1 Å². The monoisotopic (exact) mass is 364 g/mol. The molecule has 5 heteroatoms. The standard InChI is InChI=1S/C22H28N4O/c1-4-5-6-7-15(2)18-8-9-19(18)21-24-16(3)20-14-23-26(22(20)25-21)17-10-12-27-13-11-17/h4-7,14,17-19H,1,3,8-13H2,2H3,(H,24,25)/b6-5-,15-7+. The van der Waals surface area contributed by atoms with Crippen molar-refractivity contribution in [2.24, 2.45) is 16.8 Å². The number of allylic oxidation sites excluding steroid dienone is 5. The van der Waals surface area contributed by atoms with Crippen molar-refractivity contribution in [3.8, 4) is 0 Å². The molecule has 5 nitrogen and oxygen atoms in total. The summed E-state index contributed by atoms with van der Waals surface area (Å²) in [6.07, 6.45) is 14.2. The van der Waals surface area contributed by atoms with Gasteiger partial charge in [-0.25, -0.2) is 9.67 Å². The first-order chi connectivity index (χ1) is 13.2. The molecule has 0 aromatic carbocycles. The van der Waals surface area contributed by atoms with Crippen molar-refractivity contribution in [1.29, 1.82) is 0 Å². The Labute approximate surface area is 161 Å². The van der Waals surface area contributed by atoms with Crippen LogP contribution in [0.25, 0.3) is 5.70 Å². The van der Waals surface area contributed by atoms with E-state index in [1.165, 1.54) is 12.0 Å². The number of fused-ring (bicyclic) bond motifs is 1. The summed E-state index contributed by atoms with van der Waals surface area (Å²) in [6.45, 7) is 11.7. The summed E-state index contributed by atoms with van der Waals surface area (Å²) < 4.78 is 7.60. The van der Waals surface area contributed by atoms with Crippen LogP contribution in [-0.4, -0.2) is 28.8 Å². The number of amidine groups is 1. The Morgan fingerprint density at radius 2 is 2.07 bits per heavy atom. The van der Waals surface area contributed by atoms with E-state index in [1.54, 1.807) is 6.08 Å². The first-order valence-corrected chi connectivity index (χ1v) is 9.85. The van der Waals surface area contributed by atoms with E-state index in [1.807, 2.05) is 12.3 Å². The van der Waals surface area contributed by atoms with Gasteiger partial charge in [-0.1, -0.05) is 43.0 Å². The lowest BCUT2D eigenvalue weighted by atomic mass is 9.69. The minimum atomic E-state index is 0.362. The average Bonchev–Trinajstić information content (AvgIpc) is 3.06. The van der Waals surface area contributed by atoms with Crippen molar-refractivity contribution >= 4 is 17.4 Å². The van der Waals surface area contributed by atoms with Gasteiger partial charge in [-0.2, -0.15) is 5.10 Å². The summed E-state index contributed by atoms with van der Waals surface area (Å²) in [7, 11) is 0. The molecule has 2 atom stereocenters. The van der Waals surface area contributed by atoms with Crippen LogP contribution in [0.5, 0.6) is 0 Å². The van der Waals surface area contributed by atoms with Crippen molar-refractivity contribution in [2.45, 2.75) is 38.6 Å². The van der Waals surface area contributed by atoms with Gasteiger partial charge in [0, 0.05) is 24.8 Å². The second-order valence-electron chi connectivity index (χ2n) is 7.59. The average molecular weight is 364 g/mol. The molecular weight excluding hydrogens is 336 g/mol. The van der Waals surface area contributed by atoms with Crippen molar-refractivity contribution in [3.05, 3.63) is 54.8 Å². The molecule has 2 aliphatic heterocycles. The fourth-order valence-corrected chi connectivity index (χ4v) is 4.20. The molecule has 1 saturated carbocycles. The van der Waals surface area contributed by atoms with Gasteiger partial charge in [0.05, 0.1) is 17.8 Å². The van der Waals surface area contributed by atoms with Gasteiger partial charge in [0.25, 0.3) is 0 Å². The van der Waals surface area contributed by atoms with Crippen LogP contribution in [0.15, 0.2) is 54.2 Å². The molecule has 142 valence electrons. The zero-order valence-corrected chi connectivity index (χ0v) is 16.0. The largest absolute Gasteiger partial charge is 0.381 e. The predicted molar refractivity (Wildman–Crippen MR) is 110 cm³/mol. The van der Waals surface area contributed by atoms with Crippen LogP contribution >= 0.6 is 0 Å². The first kappa shape index (κ1) is 18.0. The SMILES string of the molecule is C=C/C=C\C=C(/C)C1CCC1C1=Nc2c(cnn2C2CCOCC2)C(=C)N1. The highest BCUT2D eigenvalue weighted by atomic mass is 16.5. The lowest BCUT2D eigenvalue weighted by Crippen LogP contribution is -2.41. The molecule has 0 radical (unpaired) electrons. The zero-order valence-electron chi connectivity index (χ0n) is 16.0. The van der Waals surface area contributed by atoms with Gasteiger partial charge in [-0.05, 0) is 38.5 Å². The van der Waals surface area contributed by atoms with E-state index < -0.39 is 0 Å². The number of nitrogens with one attached hydrogen (secondary N) is 1. The number of hydrogen-bond acceptors (Lipinski definition) is 4. The molecule has 1 aromatic rings. The second kappa shape index (κ2) is 7.69. The molecule has 3 aliphatic rings. The van der Waals surface area contributed by atoms with E-state index in [2.05, 4.69) is 47.3 Å². The van der Waals surface area contributed by atoms with Crippen molar-refractivity contribution in [1.82, 2.24) is 15.1 Å². The molecule has 1 N–H and O–H groups in total. The van der Waals surface area contributed by atoms with Gasteiger partial charge in [-0.15, -0.1) is 0 Å². The third kappa shape index (κ3) is 3.44. The summed E-state index contributed by atoms with van der Waals surface area (Å²) in [6, 6.07) is 0.362. The van der Waals surface area contributed by atoms with Gasteiger partial charge in [0.2, 0.25) is 0 Å². The predicted octanol–water partition coefficient (Wildman–Crippen LogP) is 4.55. The van der Waals surface area contributed by atoms with Crippen molar-refractivity contribution in [2.75, 3.05) is 13.2 Å². The molecule has 2 fully saturated rings. The van der Waals surface area contributed by atoms with Gasteiger partial charge >= 0.3 is 0 Å².